The van der Waals surface area contributed by atoms with E-state index in [1.165, 1.54) is 25.7 Å². The lowest BCUT2D eigenvalue weighted by Gasteiger charge is -2.35. The SMILES string of the molecule is CNCCC1CCCCN1c1ncc(C)cn1. The molecule has 2 rings (SSSR count). The number of rotatable bonds is 4. The lowest BCUT2D eigenvalue weighted by atomic mass is 10.00. The molecule has 1 aromatic rings. The number of hydrogen-bond acceptors (Lipinski definition) is 4. The fourth-order valence-electron chi connectivity index (χ4n) is 2.41. The van der Waals surface area contributed by atoms with E-state index in [0.717, 1.165) is 24.6 Å². The molecule has 0 aromatic carbocycles. The molecule has 1 aliphatic rings. The first-order chi connectivity index (χ1) is 8.31. The monoisotopic (exact) mass is 234 g/mol. The number of anilines is 1. The molecule has 0 spiro atoms. The van der Waals surface area contributed by atoms with E-state index in [-0.39, 0.29) is 0 Å². The first-order valence-corrected chi connectivity index (χ1v) is 6.51. The van der Waals surface area contributed by atoms with Crippen LogP contribution in [0.5, 0.6) is 0 Å². The largest absolute Gasteiger partial charge is 0.338 e. The highest BCUT2D eigenvalue weighted by atomic mass is 15.3. The molecule has 1 aromatic heterocycles. The molecule has 4 heteroatoms. The summed E-state index contributed by atoms with van der Waals surface area (Å²) in [5.41, 5.74) is 1.12. The summed E-state index contributed by atoms with van der Waals surface area (Å²) in [6, 6.07) is 0.596. The van der Waals surface area contributed by atoms with Gasteiger partial charge in [-0.25, -0.2) is 9.97 Å². The minimum Gasteiger partial charge on any atom is -0.338 e. The zero-order chi connectivity index (χ0) is 12.1. The first-order valence-electron chi connectivity index (χ1n) is 6.51. The highest BCUT2D eigenvalue weighted by Crippen LogP contribution is 2.23. The van der Waals surface area contributed by atoms with E-state index in [0.29, 0.717) is 6.04 Å². The molecule has 2 heterocycles. The maximum atomic E-state index is 4.45. The van der Waals surface area contributed by atoms with Crippen LogP contribution < -0.4 is 10.2 Å². The molecule has 1 N–H and O–H groups in total. The van der Waals surface area contributed by atoms with Gasteiger partial charge in [-0.3, -0.25) is 0 Å². The number of nitrogens with zero attached hydrogens (tertiary/aromatic N) is 3. The van der Waals surface area contributed by atoms with Crippen molar-refractivity contribution in [2.45, 2.75) is 38.6 Å². The molecular formula is C13H22N4. The predicted molar refractivity (Wildman–Crippen MR) is 70.3 cm³/mol. The topological polar surface area (TPSA) is 41.0 Å². The average molecular weight is 234 g/mol. The summed E-state index contributed by atoms with van der Waals surface area (Å²) in [6.07, 6.45) is 8.84. The fourth-order valence-corrected chi connectivity index (χ4v) is 2.41. The maximum absolute atomic E-state index is 4.45. The van der Waals surface area contributed by atoms with Crippen molar-refractivity contribution in [3.63, 3.8) is 0 Å². The van der Waals surface area contributed by atoms with Crippen LogP contribution in [0.15, 0.2) is 12.4 Å². The van der Waals surface area contributed by atoms with Crippen LogP contribution in [0.4, 0.5) is 5.95 Å². The molecule has 1 saturated heterocycles. The molecule has 0 saturated carbocycles. The van der Waals surface area contributed by atoms with Gasteiger partial charge in [0, 0.05) is 25.0 Å². The van der Waals surface area contributed by atoms with Crippen molar-refractivity contribution in [2.75, 3.05) is 25.0 Å². The van der Waals surface area contributed by atoms with Crippen LogP contribution in [0.3, 0.4) is 0 Å². The molecule has 0 amide bonds. The minimum atomic E-state index is 0.596. The van der Waals surface area contributed by atoms with Gasteiger partial charge in [0.1, 0.15) is 0 Å². The van der Waals surface area contributed by atoms with Gasteiger partial charge < -0.3 is 10.2 Å². The van der Waals surface area contributed by atoms with Gasteiger partial charge >= 0.3 is 0 Å². The lowest BCUT2D eigenvalue weighted by molar-refractivity contribution is 0.427. The van der Waals surface area contributed by atoms with Crippen molar-refractivity contribution in [1.82, 2.24) is 15.3 Å². The van der Waals surface area contributed by atoms with Gasteiger partial charge in [0.25, 0.3) is 0 Å². The summed E-state index contributed by atoms with van der Waals surface area (Å²) in [5.74, 6) is 0.899. The van der Waals surface area contributed by atoms with Gasteiger partial charge in [0.15, 0.2) is 0 Å². The Morgan fingerprint density at radius 2 is 2.12 bits per heavy atom. The van der Waals surface area contributed by atoms with E-state index in [9.17, 15) is 0 Å². The predicted octanol–water partition coefficient (Wildman–Crippen LogP) is 1.75. The normalized spacial score (nSPS) is 20.6. The lowest BCUT2D eigenvalue weighted by Crippen LogP contribution is -2.42. The van der Waals surface area contributed by atoms with Gasteiger partial charge in [-0.2, -0.15) is 0 Å². The quantitative estimate of drug-likeness (QED) is 0.862. The van der Waals surface area contributed by atoms with Gasteiger partial charge in [-0.05, 0) is 51.8 Å². The Morgan fingerprint density at radius 3 is 2.82 bits per heavy atom. The van der Waals surface area contributed by atoms with E-state index < -0.39 is 0 Å². The summed E-state index contributed by atoms with van der Waals surface area (Å²) in [6.45, 7) is 4.18. The molecule has 94 valence electrons. The fraction of sp³-hybridized carbons (Fsp3) is 0.692. The molecule has 0 aliphatic carbocycles. The van der Waals surface area contributed by atoms with Crippen LogP contribution >= 0.6 is 0 Å². The Kier molecular flexibility index (Phi) is 4.31. The summed E-state index contributed by atoms with van der Waals surface area (Å²) >= 11 is 0. The Balaban J connectivity index is 2.07. The van der Waals surface area contributed by atoms with E-state index in [2.05, 4.69) is 20.2 Å². The van der Waals surface area contributed by atoms with Gasteiger partial charge in [0.2, 0.25) is 5.95 Å². The average Bonchev–Trinajstić information content (AvgIpc) is 2.38. The summed E-state index contributed by atoms with van der Waals surface area (Å²) in [7, 11) is 2.01. The molecule has 0 bridgehead atoms. The first kappa shape index (κ1) is 12.3. The van der Waals surface area contributed by atoms with E-state index in [1.54, 1.807) is 0 Å². The number of aromatic nitrogens is 2. The van der Waals surface area contributed by atoms with E-state index >= 15 is 0 Å². The van der Waals surface area contributed by atoms with Crippen molar-refractivity contribution < 1.29 is 0 Å². The molecule has 1 fully saturated rings. The summed E-state index contributed by atoms with van der Waals surface area (Å²) in [4.78, 5) is 11.3. The molecule has 1 unspecified atom stereocenters. The maximum Gasteiger partial charge on any atom is 0.225 e. The van der Waals surface area contributed by atoms with Crippen LogP contribution in [-0.2, 0) is 0 Å². The van der Waals surface area contributed by atoms with Crippen LogP contribution in [0.25, 0.3) is 0 Å². The van der Waals surface area contributed by atoms with Crippen molar-refractivity contribution in [2.24, 2.45) is 0 Å². The number of piperidine rings is 1. The Morgan fingerprint density at radius 1 is 1.35 bits per heavy atom. The number of hydrogen-bond donors (Lipinski definition) is 1. The highest BCUT2D eigenvalue weighted by molar-refractivity contribution is 5.32. The third-order valence-corrected chi connectivity index (χ3v) is 3.38. The van der Waals surface area contributed by atoms with Crippen molar-refractivity contribution in [3.8, 4) is 0 Å². The van der Waals surface area contributed by atoms with Gasteiger partial charge in [-0.1, -0.05) is 0 Å². The minimum absolute atomic E-state index is 0.596. The second kappa shape index (κ2) is 5.96. The number of nitrogens with one attached hydrogen (secondary N) is 1. The highest BCUT2D eigenvalue weighted by Gasteiger charge is 2.23. The van der Waals surface area contributed by atoms with Gasteiger partial charge in [-0.15, -0.1) is 0 Å². The Hall–Kier alpha value is -1.16. The van der Waals surface area contributed by atoms with Crippen LogP contribution in [0.2, 0.25) is 0 Å². The molecule has 1 atom stereocenters. The van der Waals surface area contributed by atoms with Crippen molar-refractivity contribution in [3.05, 3.63) is 18.0 Å². The van der Waals surface area contributed by atoms with Crippen molar-refractivity contribution in [1.29, 1.82) is 0 Å². The van der Waals surface area contributed by atoms with Gasteiger partial charge in [0.05, 0.1) is 0 Å². The Bertz CT molecular complexity index is 336. The third-order valence-electron chi connectivity index (χ3n) is 3.38. The smallest absolute Gasteiger partial charge is 0.225 e. The standard InChI is InChI=1S/C13H22N4/c1-11-9-15-13(16-10-11)17-8-4-3-5-12(17)6-7-14-2/h9-10,12,14H,3-8H2,1-2H3. The second-order valence-corrected chi connectivity index (χ2v) is 4.80. The number of aryl methyl sites for hydroxylation is 1. The molecule has 1 aliphatic heterocycles. The second-order valence-electron chi connectivity index (χ2n) is 4.80. The summed E-state index contributed by atoms with van der Waals surface area (Å²) < 4.78 is 0. The van der Waals surface area contributed by atoms with Crippen LogP contribution in [0, 0.1) is 6.92 Å². The zero-order valence-corrected chi connectivity index (χ0v) is 10.8. The van der Waals surface area contributed by atoms with Crippen LogP contribution in [0.1, 0.15) is 31.2 Å². The van der Waals surface area contributed by atoms with Crippen LogP contribution in [-0.4, -0.2) is 36.1 Å². The molecule has 0 radical (unpaired) electrons. The van der Waals surface area contributed by atoms with E-state index in [1.807, 2.05) is 26.4 Å². The third kappa shape index (κ3) is 3.16. The summed E-state index contributed by atoms with van der Waals surface area (Å²) in [5, 5.41) is 3.23. The molecule has 4 nitrogen and oxygen atoms in total. The molecular weight excluding hydrogens is 212 g/mol. The zero-order valence-electron chi connectivity index (χ0n) is 10.8. The molecule has 17 heavy (non-hydrogen) atoms. The van der Waals surface area contributed by atoms with Crippen molar-refractivity contribution >= 4 is 5.95 Å². The van der Waals surface area contributed by atoms with E-state index in [4.69, 9.17) is 0 Å². The Labute approximate surface area is 103 Å².